The molecule has 0 bridgehead atoms. The normalized spacial score (nSPS) is 10.2. The highest BCUT2D eigenvalue weighted by Crippen LogP contribution is 2.35. The topological polar surface area (TPSA) is 47.7 Å². The third kappa shape index (κ3) is 2.79. The Hall–Kier alpha value is -2.36. The van der Waals surface area contributed by atoms with Crippen LogP contribution in [0, 0.1) is 0 Å². The summed E-state index contributed by atoms with van der Waals surface area (Å²) in [5, 5.41) is 0. The molecule has 0 saturated heterocycles. The molecule has 106 valence electrons. The summed E-state index contributed by atoms with van der Waals surface area (Å²) in [6.07, 6.45) is 0. The van der Waals surface area contributed by atoms with Crippen LogP contribution in [0.5, 0.6) is 11.5 Å². The van der Waals surface area contributed by atoms with E-state index in [-0.39, 0.29) is 0 Å². The summed E-state index contributed by atoms with van der Waals surface area (Å²) >= 11 is 0. The maximum atomic E-state index is 6.17. The SMILES string of the molecule is CCOc1cccc(N(C)c2ccc(OC)cc2)c1N. The molecule has 0 aromatic heterocycles. The summed E-state index contributed by atoms with van der Waals surface area (Å²) in [6, 6.07) is 13.6. The van der Waals surface area contributed by atoms with Gasteiger partial charge in [-0.25, -0.2) is 0 Å². The molecule has 2 aromatic rings. The van der Waals surface area contributed by atoms with Crippen LogP contribution in [0.25, 0.3) is 0 Å². The van der Waals surface area contributed by atoms with Gasteiger partial charge in [-0.2, -0.15) is 0 Å². The second kappa shape index (κ2) is 6.19. The molecule has 0 saturated carbocycles. The van der Waals surface area contributed by atoms with Crippen LogP contribution in [-0.2, 0) is 0 Å². The van der Waals surface area contributed by atoms with Crippen LogP contribution < -0.4 is 20.1 Å². The van der Waals surface area contributed by atoms with E-state index >= 15 is 0 Å². The zero-order valence-electron chi connectivity index (χ0n) is 12.1. The Morgan fingerprint density at radius 1 is 1.10 bits per heavy atom. The van der Waals surface area contributed by atoms with Gasteiger partial charge in [0.15, 0.2) is 0 Å². The largest absolute Gasteiger partial charge is 0.497 e. The molecule has 0 fully saturated rings. The van der Waals surface area contributed by atoms with E-state index in [1.165, 1.54) is 0 Å². The van der Waals surface area contributed by atoms with Crippen molar-refractivity contribution in [3.8, 4) is 11.5 Å². The quantitative estimate of drug-likeness (QED) is 0.847. The van der Waals surface area contributed by atoms with Crippen LogP contribution in [0.2, 0.25) is 0 Å². The number of hydrogen-bond donors (Lipinski definition) is 1. The number of nitrogen functional groups attached to an aromatic ring is 1. The van der Waals surface area contributed by atoms with Crippen LogP contribution in [0.3, 0.4) is 0 Å². The van der Waals surface area contributed by atoms with Crippen LogP contribution in [0.4, 0.5) is 17.1 Å². The lowest BCUT2D eigenvalue weighted by molar-refractivity contribution is 0.342. The average Bonchev–Trinajstić information content (AvgIpc) is 2.49. The van der Waals surface area contributed by atoms with E-state index in [4.69, 9.17) is 15.2 Å². The predicted molar refractivity (Wildman–Crippen MR) is 83.1 cm³/mol. The monoisotopic (exact) mass is 272 g/mol. The summed E-state index contributed by atoms with van der Waals surface area (Å²) in [7, 11) is 3.63. The first kappa shape index (κ1) is 14.1. The van der Waals surface area contributed by atoms with E-state index in [0.29, 0.717) is 18.0 Å². The Bertz CT molecular complexity index is 567. The second-order valence-electron chi connectivity index (χ2n) is 4.38. The van der Waals surface area contributed by atoms with Gasteiger partial charge < -0.3 is 20.1 Å². The minimum absolute atomic E-state index is 0.597. The van der Waals surface area contributed by atoms with Gasteiger partial charge in [0.05, 0.1) is 25.1 Å². The maximum absolute atomic E-state index is 6.17. The lowest BCUT2D eigenvalue weighted by atomic mass is 10.2. The minimum atomic E-state index is 0.597. The molecule has 0 amide bonds. The smallest absolute Gasteiger partial charge is 0.144 e. The van der Waals surface area contributed by atoms with Crippen molar-refractivity contribution in [1.29, 1.82) is 0 Å². The predicted octanol–water partition coefficient (Wildman–Crippen LogP) is 3.44. The number of para-hydroxylation sites is 1. The molecule has 4 heteroatoms. The van der Waals surface area contributed by atoms with Crippen LogP contribution >= 0.6 is 0 Å². The number of benzene rings is 2. The zero-order valence-corrected chi connectivity index (χ0v) is 12.1. The van der Waals surface area contributed by atoms with Gasteiger partial charge in [-0.1, -0.05) is 6.07 Å². The van der Waals surface area contributed by atoms with Crippen molar-refractivity contribution >= 4 is 17.1 Å². The number of hydrogen-bond acceptors (Lipinski definition) is 4. The molecular weight excluding hydrogens is 252 g/mol. The Labute approximate surface area is 119 Å². The van der Waals surface area contributed by atoms with E-state index in [1.807, 2.05) is 61.3 Å². The first-order valence-electron chi connectivity index (χ1n) is 6.56. The highest BCUT2D eigenvalue weighted by atomic mass is 16.5. The Morgan fingerprint density at radius 3 is 2.40 bits per heavy atom. The highest BCUT2D eigenvalue weighted by Gasteiger charge is 2.11. The average molecular weight is 272 g/mol. The fraction of sp³-hybridized carbons (Fsp3) is 0.250. The van der Waals surface area contributed by atoms with Crippen LogP contribution in [0.1, 0.15) is 6.92 Å². The number of anilines is 3. The van der Waals surface area contributed by atoms with Crippen molar-refractivity contribution in [3.63, 3.8) is 0 Å². The number of nitrogens with zero attached hydrogens (tertiary/aromatic N) is 1. The van der Waals surface area contributed by atoms with Crippen LogP contribution in [-0.4, -0.2) is 20.8 Å². The standard InChI is InChI=1S/C16H20N2O2/c1-4-20-15-7-5-6-14(16(15)17)18(2)12-8-10-13(19-3)11-9-12/h5-11H,4,17H2,1-3H3. The molecule has 2 rings (SSSR count). The van der Waals surface area contributed by atoms with Gasteiger partial charge in [0, 0.05) is 12.7 Å². The number of nitrogens with two attached hydrogens (primary N) is 1. The molecule has 0 aliphatic carbocycles. The summed E-state index contributed by atoms with van der Waals surface area (Å²) in [5.74, 6) is 1.54. The van der Waals surface area contributed by atoms with Crippen molar-refractivity contribution in [2.24, 2.45) is 0 Å². The Morgan fingerprint density at radius 2 is 1.80 bits per heavy atom. The maximum Gasteiger partial charge on any atom is 0.144 e. The molecule has 0 spiro atoms. The third-order valence-electron chi connectivity index (χ3n) is 3.16. The van der Waals surface area contributed by atoms with Crippen LogP contribution in [0.15, 0.2) is 42.5 Å². The van der Waals surface area contributed by atoms with Gasteiger partial charge in [0.25, 0.3) is 0 Å². The first-order chi connectivity index (χ1) is 9.67. The summed E-state index contributed by atoms with van der Waals surface area (Å²) < 4.78 is 10.7. The van der Waals surface area contributed by atoms with Crippen molar-refractivity contribution in [2.45, 2.75) is 6.92 Å². The van der Waals surface area contributed by atoms with Gasteiger partial charge in [-0.05, 0) is 43.3 Å². The van der Waals surface area contributed by atoms with E-state index < -0.39 is 0 Å². The summed E-state index contributed by atoms with van der Waals surface area (Å²) in [5.41, 5.74) is 8.77. The van der Waals surface area contributed by atoms with Gasteiger partial charge in [0.2, 0.25) is 0 Å². The third-order valence-corrected chi connectivity index (χ3v) is 3.16. The van der Waals surface area contributed by atoms with Gasteiger partial charge in [-0.3, -0.25) is 0 Å². The molecule has 0 aliphatic rings. The lowest BCUT2D eigenvalue weighted by Gasteiger charge is -2.22. The fourth-order valence-electron chi connectivity index (χ4n) is 2.05. The molecule has 0 atom stereocenters. The van der Waals surface area contributed by atoms with Crippen molar-refractivity contribution in [3.05, 3.63) is 42.5 Å². The molecular formula is C16H20N2O2. The van der Waals surface area contributed by atoms with Crippen molar-refractivity contribution < 1.29 is 9.47 Å². The van der Waals surface area contributed by atoms with Crippen molar-refractivity contribution in [1.82, 2.24) is 0 Å². The Kier molecular flexibility index (Phi) is 4.35. The summed E-state index contributed by atoms with van der Waals surface area (Å²) in [6.45, 7) is 2.54. The van der Waals surface area contributed by atoms with Gasteiger partial charge in [0.1, 0.15) is 11.5 Å². The van der Waals surface area contributed by atoms with E-state index in [2.05, 4.69) is 0 Å². The minimum Gasteiger partial charge on any atom is -0.497 e. The number of ether oxygens (including phenoxy) is 2. The Balaban J connectivity index is 2.32. The van der Waals surface area contributed by atoms with Gasteiger partial charge >= 0.3 is 0 Å². The molecule has 2 N–H and O–H groups in total. The zero-order chi connectivity index (χ0) is 14.5. The molecule has 20 heavy (non-hydrogen) atoms. The van der Waals surface area contributed by atoms with E-state index in [0.717, 1.165) is 17.1 Å². The molecule has 0 unspecified atom stereocenters. The van der Waals surface area contributed by atoms with E-state index in [9.17, 15) is 0 Å². The molecule has 0 heterocycles. The molecule has 0 radical (unpaired) electrons. The lowest BCUT2D eigenvalue weighted by Crippen LogP contribution is -2.12. The molecule has 4 nitrogen and oxygen atoms in total. The highest BCUT2D eigenvalue weighted by molar-refractivity contribution is 5.78. The van der Waals surface area contributed by atoms with E-state index in [1.54, 1.807) is 7.11 Å². The molecule has 0 aliphatic heterocycles. The van der Waals surface area contributed by atoms with Crippen molar-refractivity contribution in [2.75, 3.05) is 31.4 Å². The first-order valence-corrected chi connectivity index (χ1v) is 6.56. The second-order valence-corrected chi connectivity index (χ2v) is 4.38. The number of methoxy groups -OCH3 is 1. The van der Waals surface area contributed by atoms with Gasteiger partial charge in [-0.15, -0.1) is 0 Å². The summed E-state index contributed by atoms with van der Waals surface area (Å²) in [4.78, 5) is 2.03. The fourth-order valence-corrected chi connectivity index (χ4v) is 2.05. The molecule has 2 aromatic carbocycles. The number of rotatable bonds is 5.